The van der Waals surface area contributed by atoms with Crippen LogP contribution in [-0.2, 0) is 17.9 Å². The third-order valence-corrected chi connectivity index (χ3v) is 3.42. The van der Waals surface area contributed by atoms with Crippen LogP contribution < -0.4 is 4.74 Å². The number of aromatic nitrogens is 2. The zero-order valence-corrected chi connectivity index (χ0v) is 13.1. The van der Waals surface area contributed by atoms with Crippen molar-refractivity contribution in [2.75, 3.05) is 6.61 Å². The molecule has 0 aliphatic carbocycles. The van der Waals surface area contributed by atoms with Crippen LogP contribution in [0.3, 0.4) is 0 Å². The first-order valence-electron chi connectivity index (χ1n) is 7.66. The predicted octanol–water partition coefficient (Wildman–Crippen LogP) is 3.76. The molecule has 0 aliphatic rings. The van der Waals surface area contributed by atoms with E-state index in [1.807, 2.05) is 36.4 Å². The van der Waals surface area contributed by atoms with Gasteiger partial charge >= 0.3 is 0 Å². The van der Waals surface area contributed by atoms with E-state index >= 15 is 0 Å². The molecule has 0 fully saturated rings. The van der Waals surface area contributed by atoms with Gasteiger partial charge in [0.25, 0.3) is 0 Å². The van der Waals surface area contributed by atoms with Crippen LogP contribution in [0.4, 0.5) is 0 Å². The first-order chi connectivity index (χ1) is 11.8. The van der Waals surface area contributed by atoms with Crippen molar-refractivity contribution >= 4 is 0 Å². The molecule has 0 radical (unpaired) electrons. The second kappa shape index (κ2) is 7.95. The van der Waals surface area contributed by atoms with Crippen molar-refractivity contribution in [1.82, 2.24) is 9.78 Å². The molecule has 2 aromatic carbocycles. The number of hydrogen-bond donors (Lipinski definition) is 0. The molecule has 120 valence electrons. The molecule has 3 rings (SSSR count). The summed E-state index contributed by atoms with van der Waals surface area (Å²) in [7, 11) is 0. The van der Waals surface area contributed by atoms with Crippen molar-refractivity contribution in [2.45, 2.75) is 13.2 Å². The molecule has 0 N–H and O–H groups in total. The van der Waals surface area contributed by atoms with Gasteiger partial charge < -0.3 is 9.47 Å². The van der Waals surface area contributed by atoms with E-state index in [9.17, 15) is 0 Å². The molecule has 0 saturated carbocycles. The summed E-state index contributed by atoms with van der Waals surface area (Å²) in [5.74, 6) is 1.13. The standard InChI is InChI=1S/C19H17N3O2/c20-12-17-8-4-5-9-19(17)24-18-13-21-22(14-18)10-11-23-15-16-6-2-1-3-7-16/h1-9,13-14H,10-11,15H2. The van der Waals surface area contributed by atoms with E-state index in [-0.39, 0.29) is 0 Å². The highest BCUT2D eigenvalue weighted by atomic mass is 16.5. The lowest BCUT2D eigenvalue weighted by Gasteiger charge is -2.05. The molecule has 0 unspecified atom stereocenters. The molecule has 0 spiro atoms. The van der Waals surface area contributed by atoms with Crippen LogP contribution in [0, 0.1) is 11.3 Å². The molecule has 0 bridgehead atoms. The number of hydrogen-bond acceptors (Lipinski definition) is 4. The number of para-hydroxylation sites is 1. The summed E-state index contributed by atoms with van der Waals surface area (Å²) in [5.41, 5.74) is 1.64. The molecule has 24 heavy (non-hydrogen) atoms. The van der Waals surface area contributed by atoms with Crippen LogP contribution in [0.15, 0.2) is 67.0 Å². The maximum atomic E-state index is 9.07. The molecule has 0 amide bonds. The molecule has 0 saturated heterocycles. The second-order valence-corrected chi connectivity index (χ2v) is 5.19. The summed E-state index contributed by atoms with van der Waals surface area (Å²) in [6.07, 6.45) is 3.42. The molecule has 0 aliphatic heterocycles. The van der Waals surface area contributed by atoms with Crippen LogP contribution >= 0.6 is 0 Å². The van der Waals surface area contributed by atoms with Gasteiger partial charge in [-0.25, -0.2) is 0 Å². The third-order valence-electron chi connectivity index (χ3n) is 3.42. The van der Waals surface area contributed by atoms with Gasteiger partial charge in [0.1, 0.15) is 11.8 Å². The van der Waals surface area contributed by atoms with Crippen molar-refractivity contribution in [3.05, 3.63) is 78.1 Å². The van der Waals surface area contributed by atoms with E-state index in [0.717, 1.165) is 5.56 Å². The first kappa shape index (κ1) is 15.8. The minimum Gasteiger partial charge on any atom is -0.453 e. The zero-order valence-electron chi connectivity index (χ0n) is 13.1. The average Bonchev–Trinajstić information content (AvgIpc) is 3.07. The summed E-state index contributed by atoms with van der Waals surface area (Å²) in [6, 6.07) is 19.3. The highest BCUT2D eigenvalue weighted by Crippen LogP contribution is 2.24. The topological polar surface area (TPSA) is 60.1 Å². The lowest BCUT2D eigenvalue weighted by molar-refractivity contribution is 0.111. The van der Waals surface area contributed by atoms with E-state index < -0.39 is 0 Å². The van der Waals surface area contributed by atoms with Crippen molar-refractivity contribution < 1.29 is 9.47 Å². The predicted molar refractivity (Wildman–Crippen MR) is 89.6 cm³/mol. The van der Waals surface area contributed by atoms with Gasteiger partial charge in [-0.3, -0.25) is 4.68 Å². The summed E-state index contributed by atoms with van der Waals surface area (Å²) in [6.45, 7) is 1.78. The smallest absolute Gasteiger partial charge is 0.165 e. The summed E-state index contributed by atoms with van der Waals surface area (Å²) < 4.78 is 13.1. The maximum Gasteiger partial charge on any atom is 0.165 e. The monoisotopic (exact) mass is 319 g/mol. The van der Waals surface area contributed by atoms with Gasteiger partial charge in [-0.1, -0.05) is 42.5 Å². The molecule has 5 heteroatoms. The quantitative estimate of drug-likeness (QED) is 0.622. The fourth-order valence-electron chi connectivity index (χ4n) is 2.22. The third kappa shape index (κ3) is 4.22. The van der Waals surface area contributed by atoms with Crippen LogP contribution in [0.5, 0.6) is 11.5 Å². The Morgan fingerprint density at radius 1 is 1.04 bits per heavy atom. The van der Waals surface area contributed by atoms with Crippen molar-refractivity contribution in [1.29, 1.82) is 5.26 Å². The Morgan fingerprint density at radius 3 is 2.67 bits per heavy atom. The lowest BCUT2D eigenvalue weighted by Crippen LogP contribution is -2.06. The average molecular weight is 319 g/mol. The number of rotatable bonds is 7. The van der Waals surface area contributed by atoms with E-state index in [2.05, 4.69) is 11.2 Å². The number of nitriles is 1. The van der Waals surface area contributed by atoms with Gasteiger partial charge in [0.2, 0.25) is 0 Å². The Labute approximate surface area is 140 Å². The normalized spacial score (nSPS) is 10.3. The van der Waals surface area contributed by atoms with Crippen LogP contribution in [0.2, 0.25) is 0 Å². The van der Waals surface area contributed by atoms with Gasteiger partial charge in [-0.15, -0.1) is 0 Å². The Hall–Kier alpha value is -3.10. The zero-order chi connectivity index (χ0) is 16.6. The van der Waals surface area contributed by atoms with Crippen molar-refractivity contribution in [3.8, 4) is 17.6 Å². The summed E-state index contributed by atoms with van der Waals surface area (Å²) in [5, 5.41) is 13.3. The second-order valence-electron chi connectivity index (χ2n) is 5.19. The fourth-order valence-corrected chi connectivity index (χ4v) is 2.22. The van der Waals surface area contributed by atoms with E-state index in [1.165, 1.54) is 0 Å². The number of ether oxygens (including phenoxy) is 2. The van der Waals surface area contributed by atoms with E-state index in [1.54, 1.807) is 35.3 Å². The molecule has 1 aromatic heterocycles. The molecule has 0 atom stereocenters. The van der Waals surface area contributed by atoms with Gasteiger partial charge in [0.05, 0.1) is 37.7 Å². The summed E-state index contributed by atoms with van der Waals surface area (Å²) >= 11 is 0. The van der Waals surface area contributed by atoms with Gasteiger partial charge in [0, 0.05) is 0 Å². The van der Waals surface area contributed by atoms with Crippen LogP contribution in [-0.4, -0.2) is 16.4 Å². The molecular weight excluding hydrogens is 302 g/mol. The van der Waals surface area contributed by atoms with Gasteiger partial charge in [-0.05, 0) is 17.7 Å². The molecular formula is C19H17N3O2. The Kier molecular flexibility index (Phi) is 5.23. The first-order valence-corrected chi connectivity index (χ1v) is 7.66. The molecule has 1 heterocycles. The van der Waals surface area contributed by atoms with Gasteiger partial charge in [0.15, 0.2) is 5.75 Å². The SMILES string of the molecule is N#Cc1ccccc1Oc1cnn(CCOCc2ccccc2)c1. The minimum absolute atomic E-state index is 0.497. The Balaban J connectivity index is 1.50. The summed E-state index contributed by atoms with van der Waals surface area (Å²) in [4.78, 5) is 0. The minimum atomic E-state index is 0.497. The van der Waals surface area contributed by atoms with E-state index in [0.29, 0.717) is 36.8 Å². The maximum absolute atomic E-state index is 9.07. The largest absolute Gasteiger partial charge is 0.453 e. The Bertz CT molecular complexity index is 822. The lowest BCUT2D eigenvalue weighted by atomic mass is 10.2. The molecule has 3 aromatic rings. The Morgan fingerprint density at radius 2 is 1.83 bits per heavy atom. The number of nitrogens with zero attached hydrogens (tertiary/aromatic N) is 3. The van der Waals surface area contributed by atoms with Crippen LogP contribution in [0.25, 0.3) is 0 Å². The van der Waals surface area contributed by atoms with Crippen molar-refractivity contribution in [2.24, 2.45) is 0 Å². The molecule has 5 nitrogen and oxygen atoms in total. The van der Waals surface area contributed by atoms with Gasteiger partial charge in [-0.2, -0.15) is 10.4 Å². The van der Waals surface area contributed by atoms with E-state index in [4.69, 9.17) is 14.7 Å². The fraction of sp³-hybridized carbons (Fsp3) is 0.158. The van der Waals surface area contributed by atoms with Crippen molar-refractivity contribution in [3.63, 3.8) is 0 Å². The van der Waals surface area contributed by atoms with Crippen LogP contribution in [0.1, 0.15) is 11.1 Å². The highest BCUT2D eigenvalue weighted by molar-refractivity contribution is 5.44. The number of benzene rings is 2. The highest BCUT2D eigenvalue weighted by Gasteiger charge is 2.05.